The Labute approximate surface area is 176 Å². The van der Waals surface area contributed by atoms with Crippen LogP contribution in [0.2, 0.25) is 0 Å². The zero-order valence-electron chi connectivity index (χ0n) is 17.3. The lowest BCUT2D eigenvalue weighted by Crippen LogP contribution is -2.55. The van der Waals surface area contributed by atoms with Crippen molar-refractivity contribution in [2.75, 3.05) is 13.1 Å². The Morgan fingerprint density at radius 1 is 1.13 bits per heavy atom. The standard InChI is InChI=1S/C22H30N4O4/c1-15(24-20(28)18-9-5-11-23-18)22(30)26-12-6-10-19(26)21(29)25-17(14-27)13-16-7-3-2-4-8-16/h2-4,7-8,14-15,17-19,23H,5-6,9-13H2,1H3,(H,24,28)(H,25,29)/t15-,17-,18-,19-/m0/s1. The van der Waals surface area contributed by atoms with E-state index in [1.54, 1.807) is 6.92 Å². The quantitative estimate of drug-likeness (QED) is 0.526. The predicted molar refractivity (Wildman–Crippen MR) is 112 cm³/mol. The Balaban J connectivity index is 1.56. The Hall–Kier alpha value is -2.74. The highest BCUT2D eigenvalue weighted by atomic mass is 16.2. The predicted octanol–water partition coefficient (Wildman–Crippen LogP) is 0.161. The molecule has 0 spiro atoms. The van der Waals surface area contributed by atoms with Crippen LogP contribution in [-0.2, 0) is 25.6 Å². The first-order valence-electron chi connectivity index (χ1n) is 10.6. The summed E-state index contributed by atoms with van der Waals surface area (Å²) >= 11 is 0. The van der Waals surface area contributed by atoms with E-state index in [1.165, 1.54) is 4.90 Å². The summed E-state index contributed by atoms with van der Waals surface area (Å²) in [5.74, 6) is -0.785. The van der Waals surface area contributed by atoms with Crippen LogP contribution in [0.15, 0.2) is 30.3 Å². The van der Waals surface area contributed by atoms with Crippen molar-refractivity contribution in [3.63, 3.8) is 0 Å². The van der Waals surface area contributed by atoms with Gasteiger partial charge in [-0.3, -0.25) is 14.4 Å². The molecule has 0 aromatic heterocycles. The fraction of sp³-hybridized carbons (Fsp3) is 0.545. The number of hydrogen-bond acceptors (Lipinski definition) is 5. The number of carbonyl (C=O) groups is 4. The first-order valence-corrected chi connectivity index (χ1v) is 10.6. The summed E-state index contributed by atoms with van der Waals surface area (Å²) in [6.45, 7) is 2.91. The molecule has 2 fully saturated rings. The third kappa shape index (κ3) is 5.44. The Kier molecular flexibility index (Phi) is 7.57. The van der Waals surface area contributed by atoms with Crippen LogP contribution in [0, 0.1) is 0 Å². The molecule has 2 saturated heterocycles. The second kappa shape index (κ2) is 10.3. The number of likely N-dealkylation sites (tertiary alicyclic amines) is 1. The van der Waals surface area contributed by atoms with Crippen molar-refractivity contribution in [3.8, 4) is 0 Å². The molecule has 2 aliphatic heterocycles. The smallest absolute Gasteiger partial charge is 0.245 e. The van der Waals surface area contributed by atoms with Gasteiger partial charge in [0.05, 0.1) is 12.1 Å². The molecule has 30 heavy (non-hydrogen) atoms. The molecule has 3 N–H and O–H groups in total. The first-order chi connectivity index (χ1) is 14.5. The third-order valence-electron chi connectivity index (χ3n) is 5.73. The van der Waals surface area contributed by atoms with Gasteiger partial charge in [-0.15, -0.1) is 0 Å². The maximum atomic E-state index is 12.9. The summed E-state index contributed by atoms with van der Waals surface area (Å²) in [7, 11) is 0. The highest BCUT2D eigenvalue weighted by Crippen LogP contribution is 2.19. The molecule has 8 nitrogen and oxygen atoms in total. The lowest BCUT2D eigenvalue weighted by Gasteiger charge is -2.28. The average molecular weight is 415 g/mol. The van der Waals surface area contributed by atoms with E-state index in [0.717, 1.165) is 31.2 Å². The van der Waals surface area contributed by atoms with E-state index in [1.807, 2.05) is 30.3 Å². The average Bonchev–Trinajstić information content (AvgIpc) is 3.45. The van der Waals surface area contributed by atoms with Gasteiger partial charge in [0.15, 0.2) is 0 Å². The number of benzene rings is 1. The van der Waals surface area contributed by atoms with E-state index < -0.39 is 18.1 Å². The van der Waals surface area contributed by atoms with Gasteiger partial charge in [-0.2, -0.15) is 0 Å². The lowest BCUT2D eigenvalue weighted by molar-refractivity contribution is -0.141. The van der Waals surface area contributed by atoms with Gasteiger partial charge in [-0.25, -0.2) is 0 Å². The van der Waals surface area contributed by atoms with Crippen LogP contribution in [0.4, 0.5) is 0 Å². The molecular formula is C22H30N4O4. The highest BCUT2D eigenvalue weighted by molar-refractivity contribution is 5.93. The molecule has 1 aromatic carbocycles. The monoisotopic (exact) mass is 414 g/mol. The summed E-state index contributed by atoms with van der Waals surface area (Å²) < 4.78 is 0. The molecule has 1 aromatic rings. The fourth-order valence-electron chi connectivity index (χ4n) is 4.12. The fourth-order valence-corrected chi connectivity index (χ4v) is 4.12. The van der Waals surface area contributed by atoms with E-state index in [0.29, 0.717) is 25.8 Å². The minimum atomic E-state index is -0.709. The maximum Gasteiger partial charge on any atom is 0.245 e. The third-order valence-corrected chi connectivity index (χ3v) is 5.73. The molecule has 0 radical (unpaired) electrons. The minimum Gasteiger partial charge on any atom is -0.344 e. The number of nitrogens with zero attached hydrogens (tertiary/aromatic N) is 1. The van der Waals surface area contributed by atoms with Crippen LogP contribution in [0.25, 0.3) is 0 Å². The van der Waals surface area contributed by atoms with Crippen LogP contribution in [0.1, 0.15) is 38.2 Å². The van der Waals surface area contributed by atoms with Gasteiger partial charge >= 0.3 is 0 Å². The largest absolute Gasteiger partial charge is 0.344 e. The number of nitrogens with one attached hydrogen (secondary N) is 3. The van der Waals surface area contributed by atoms with E-state index in [-0.39, 0.29) is 23.8 Å². The van der Waals surface area contributed by atoms with Crippen LogP contribution >= 0.6 is 0 Å². The molecule has 2 aliphatic rings. The molecular weight excluding hydrogens is 384 g/mol. The van der Waals surface area contributed by atoms with Gasteiger partial charge in [-0.1, -0.05) is 30.3 Å². The lowest BCUT2D eigenvalue weighted by atomic mass is 10.1. The van der Waals surface area contributed by atoms with Crippen molar-refractivity contribution in [2.45, 2.75) is 63.2 Å². The summed E-state index contributed by atoms with van der Waals surface area (Å²) in [5, 5.41) is 8.64. The van der Waals surface area contributed by atoms with Crippen molar-refractivity contribution in [1.29, 1.82) is 0 Å². The van der Waals surface area contributed by atoms with Gasteiger partial charge in [0.2, 0.25) is 17.7 Å². The van der Waals surface area contributed by atoms with Gasteiger partial charge in [0.1, 0.15) is 18.4 Å². The second-order valence-electron chi connectivity index (χ2n) is 8.01. The Morgan fingerprint density at radius 2 is 1.90 bits per heavy atom. The van der Waals surface area contributed by atoms with Gasteiger partial charge in [0, 0.05) is 6.54 Å². The number of aldehydes is 1. The highest BCUT2D eigenvalue weighted by Gasteiger charge is 2.37. The summed E-state index contributed by atoms with van der Waals surface area (Å²) in [5.41, 5.74) is 0.950. The SMILES string of the molecule is C[C@H](NC(=O)[C@@H]1CCCN1)C(=O)N1CCC[C@H]1C(=O)N[C@H](C=O)Cc1ccccc1. The summed E-state index contributed by atoms with van der Waals surface area (Å²) in [6, 6.07) is 7.21. The van der Waals surface area contributed by atoms with E-state index >= 15 is 0 Å². The van der Waals surface area contributed by atoms with Crippen molar-refractivity contribution < 1.29 is 19.2 Å². The number of carbonyl (C=O) groups excluding carboxylic acids is 4. The molecule has 8 heteroatoms. The molecule has 4 atom stereocenters. The van der Waals surface area contributed by atoms with E-state index in [9.17, 15) is 19.2 Å². The van der Waals surface area contributed by atoms with Crippen molar-refractivity contribution in [3.05, 3.63) is 35.9 Å². The Morgan fingerprint density at radius 3 is 2.57 bits per heavy atom. The molecule has 0 unspecified atom stereocenters. The molecule has 0 saturated carbocycles. The molecule has 3 rings (SSSR count). The minimum absolute atomic E-state index is 0.183. The second-order valence-corrected chi connectivity index (χ2v) is 8.01. The molecule has 0 aliphatic carbocycles. The first kappa shape index (κ1) is 22.0. The van der Waals surface area contributed by atoms with Crippen LogP contribution in [0.5, 0.6) is 0 Å². The maximum absolute atomic E-state index is 12.9. The van der Waals surface area contributed by atoms with Gasteiger partial charge in [-0.05, 0) is 51.1 Å². The Bertz CT molecular complexity index is 764. The molecule has 0 bridgehead atoms. The zero-order chi connectivity index (χ0) is 21.5. The summed E-state index contributed by atoms with van der Waals surface area (Å²) in [6.07, 6.45) is 4.07. The molecule has 3 amide bonds. The molecule has 2 heterocycles. The topological polar surface area (TPSA) is 108 Å². The van der Waals surface area contributed by atoms with Crippen molar-refractivity contribution in [2.24, 2.45) is 0 Å². The van der Waals surface area contributed by atoms with E-state index in [2.05, 4.69) is 16.0 Å². The normalized spacial score (nSPS) is 22.9. The van der Waals surface area contributed by atoms with Gasteiger partial charge in [0.25, 0.3) is 0 Å². The molecule has 162 valence electrons. The number of rotatable bonds is 8. The zero-order valence-corrected chi connectivity index (χ0v) is 17.3. The van der Waals surface area contributed by atoms with Crippen LogP contribution in [0.3, 0.4) is 0 Å². The van der Waals surface area contributed by atoms with Crippen molar-refractivity contribution >= 4 is 24.0 Å². The number of hydrogen-bond donors (Lipinski definition) is 3. The van der Waals surface area contributed by atoms with Crippen LogP contribution in [-0.4, -0.2) is 66.2 Å². The summed E-state index contributed by atoms with van der Waals surface area (Å²) in [4.78, 5) is 51.0. The van der Waals surface area contributed by atoms with Crippen molar-refractivity contribution in [1.82, 2.24) is 20.9 Å². The van der Waals surface area contributed by atoms with E-state index in [4.69, 9.17) is 0 Å². The van der Waals surface area contributed by atoms with Crippen LogP contribution < -0.4 is 16.0 Å². The number of amides is 3. The van der Waals surface area contributed by atoms with Gasteiger partial charge < -0.3 is 25.6 Å².